The van der Waals surface area contributed by atoms with Crippen molar-refractivity contribution in [3.8, 4) is 12.3 Å². The van der Waals surface area contributed by atoms with E-state index in [1.165, 1.54) is 0 Å². The first-order valence-corrected chi connectivity index (χ1v) is 8.49. The number of nitrogens with one attached hydrogen (secondary N) is 1. The van der Waals surface area contributed by atoms with Gasteiger partial charge in [-0.1, -0.05) is 5.92 Å². The quantitative estimate of drug-likeness (QED) is 0.840. The number of benzene rings is 1. The van der Waals surface area contributed by atoms with Crippen LogP contribution in [0.2, 0.25) is 0 Å². The van der Waals surface area contributed by atoms with Crippen molar-refractivity contribution < 1.29 is 14.3 Å². The van der Waals surface area contributed by atoms with Crippen molar-refractivity contribution in [1.82, 2.24) is 10.2 Å². The Kier molecular flexibility index (Phi) is 5.42. The average molecular weight is 342 g/mol. The van der Waals surface area contributed by atoms with E-state index in [0.29, 0.717) is 31.5 Å². The number of amides is 2. The highest BCUT2D eigenvalue weighted by Gasteiger charge is 2.34. The number of hydrogen-bond acceptors (Lipinski definition) is 3. The molecule has 0 unspecified atom stereocenters. The number of piperidine rings is 1. The largest absolute Gasteiger partial charge is 0.444 e. The van der Waals surface area contributed by atoms with Crippen LogP contribution in [0, 0.1) is 12.3 Å². The lowest BCUT2D eigenvalue weighted by molar-refractivity contribution is 0.0160. The Labute approximate surface area is 149 Å². The van der Waals surface area contributed by atoms with Crippen LogP contribution in [0.4, 0.5) is 4.79 Å². The van der Waals surface area contributed by atoms with Crippen molar-refractivity contribution in [3.63, 3.8) is 0 Å². The number of rotatable bonds is 2. The SMILES string of the molecule is C#Cc1ccc(C(=O)NC2(C)CCN(C(=O)OC(C)(C)C)CC2)cc1. The molecule has 1 saturated heterocycles. The second kappa shape index (κ2) is 7.18. The van der Waals surface area contributed by atoms with Gasteiger partial charge in [-0.15, -0.1) is 6.42 Å². The third kappa shape index (κ3) is 5.25. The topological polar surface area (TPSA) is 58.6 Å². The fourth-order valence-electron chi connectivity index (χ4n) is 2.70. The molecule has 1 fully saturated rings. The monoisotopic (exact) mass is 342 g/mol. The average Bonchev–Trinajstić information content (AvgIpc) is 2.53. The number of terminal acetylenes is 1. The van der Waals surface area contributed by atoms with Crippen LogP contribution in [0.25, 0.3) is 0 Å². The highest BCUT2D eigenvalue weighted by Crippen LogP contribution is 2.24. The van der Waals surface area contributed by atoms with Crippen molar-refractivity contribution in [3.05, 3.63) is 35.4 Å². The summed E-state index contributed by atoms with van der Waals surface area (Å²) in [5.74, 6) is 2.40. The van der Waals surface area contributed by atoms with Gasteiger partial charge in [0.1, 0.15) is 5.60 Å². The molecule has 0 saturated carbocycles. The lowest BCUT2D eigenvalue weighted by Gasteiger charge is -2.40. The Bertz CT molecular complexity index is 672. The Balaban J connectivity index is 1.92. The summed E-state index contributed by atoms with van der Waals surface area (Å²) in [6.45, 7) is 8.68. The minimum Gasteiger partial charge on any atom is -0.444 e. The Hall–Kier alpha value is -2.48. The van der Waals surface area contributed by atoms with Gasteiger partial charge in [0, 0.05) is 29.8 Å². The molecule has 0 spiro atoms. The molecule has 1 aliphatic heterocycles. The minimum atomic E-state index is -0.503. The molecule has 2 amide bonds. The van der Waals surface area contributed by atoms with E-state index in [1.54, 1.807) is 29.2 Å². The van der Waals surface area contributed by atoms with E-state index in [0.717, 1.165) is 5.56 Å². The summed E-state index contributed by atoms with van der Waals surface area (Å²) in [6.07, 6.45) is 6.39. The highest BCUT2D eigenvalue weighted by atomic mass is 16.6. The molecule has 5 nitrogen and oxygen atoms in total. The molecule has 0 atom stereocenters. The summed E-state index contributed by atoms with van der Waals surface area (Å²) in [5.41, 5.74) is 0.472. The predicted octanol–water partition coefficient (Wildman–Crippen LogP) is 3.19. The molecular formula is C20H26N2O3. The van der Waals surface area contributed by atoms with Gasteiger partial charge in [-0.25, -0.2) is 4.79 Å². The molecule has 0 aromatic heterocycles. The smallest absolute Gasteiger partial charge is 0.410 e. The second-order valence-electron chi connectivity index (χ2n) is 7.70. The van der Waals surface area contributed by atoms with Gasteiger partial charge in [0.15, 0.2) is 0 Å². The third-order valence-electron chi connectivity index (χ3n) is 4.25. The van der Waals surface area contributed by atoms with E-state index in [4.69, 9.17) is 11.2 Å². The number of hydrogen-bond donors (Lipinski definition) is 1. The summed E-state index contributed by atoms with van der Waals surface area (Å²) in [4.78, 5) is 26.3. The van der Waals surface area contributed by atoms with Crippen LogP contribution >= 0.6 is 0 Å². The van der Waals surface area contributed by atoms with Crippen molar-refractivity contribution in [2.24, 2.45) is 0 Å². The maximum Gasteiger partial charge on any atom is 0.410 e. The maximum absolute atomic E-state index is 12.5. The van der Waals surface area contributed by atoms with Crippen LogP contribution in [0.3, 0.4) is 0 Å². The van der Waals surface area contributed by atoms with Crippen LogP contribution in [0.5, 0.6) is 0 Å². The Morgan fingerprint density at radius 1 is 1.20 bits per heavy atom. The van der Waals surface area contributed by atoms with E-state index >= 15 is 0 Å². The van der Waals surface area contributed by atoms with E-state index in [2.05, 4.69) is 11.2 Å². The summed E-state index contributed by atoms with van der Waals surface area (Å²) in [6, 6.07) is 6.96. The van der Waals surface area contributed by atoms with Gasteiger partial charge in [-0.2, -0.15) is 0 Å². The molecule has 1 aromatic rings. The van der Waals surface area contributed by atoms with E-state index < -0.39 is 5.60 Å². The van der Waals surface area contributed by atoms with Crippen molar-refractivity contribution >= 4 is 12.0 Å². The summed E-state index contributed by atoms with van der Waals surface area (Å²) in [5, 5.41) is 3.09. The lowest BCUT2D eigenvalue weighted by atomic mass is 9.89. The zero-order chi connectivity index (χ0) is 18.7. The standard InChI is InChI=1S/C20H26N2O3/c1-6-15-7-9-16(10-8-15)17(23)21-20(5)11-13-22(14-12-20)18(24)25-19(2,3)4/h1,7-10H,11-14H2,2-5H3,(H,21,23). The molecule has 134 valence electrons. The Morgan fingerprint density at radius 3 is 2.24 bits per heavy atom. The van der Waals surface area contributed by atoms with Crippen LogP contribution in [-0.4, -0.2) is 41.1 Å². The van der Waals surface area contributed by atoms with E-state index in [1.807, 2.05) is 27.7 Å². The van der Waals surface area contributed by atoms with Gasteiger partial charge < -0.3 is 15.0 Å². The molecule has 0 bridgehead atoms. The molecule has 1 aliphatic rings. The molecule has 5 heteroatoms. The van der Waals surface area contributed by atoms with Gasteiger partial charge in [0.2, 0.25) is 0 Å². The molecule has 1 N–H and O–H groups in total. The molecule has 1 aromatic carbocycles. The summed E-state index contributed by atoms with van der Waals surface area (Å²) >= 11 is 0. The normalized spacial score (nSPS) is 16.7. The fraction of sp³-hybridized carbons (Fsp3) is 0.500. The molecule has 25 heavy (non-hydrogen) atoms. The number of likely N-dealkylation sites (tertiary alicyclic amines) is 1. The van der Waals surface area contributed by atoms with Gasteiger partial charge in [-0.05, 0) is 64.8 Å². The molecule has 0 radical (unpaired) electrons. The maximum atomic E-state index is 12.5. The first-order chi connectivity index (χ1) is 11.6. The van der Waals surface area contributed by atoms with Crippen LogP contribution in [-0.2, 0) is 4.74 Å². The lowest BCUT2D eigenvalue weighted by Crippen LogP contribution is -2.54. The zero-order valence-electron chi connectivity index (χ0n) is 15.4. The molecule has 2 rings (SSSR count). The minimum absolute atomic E-state index is 0.128. The van der Waals surface area contributed by atoms with Crippen LogP contribution in [0.1, 0.15) is 56.5 Å². The number of carbonyl (C=O) groups is 2. The van der Waals surface area contributed by atoms with Gasteiger partial charge in [0.25, 0.3) is 5.91 Å². The van der Waals surface area contributed by atoms with Gasteiger partial charge in [0.05, 0.1) is 0 Å². The fourth-order valence-corrected chi connectivity index (χ4v) is 2.70. The second-order valence-corrected chi connectivity index (χ2v) is 7.70. The number of nitrogens with zero attached hydrogens (tertiary/aromatic N) is 1. The molecule has 0 aliphatic carbocycles. The van der Waals surface area contributed by atoms with E-state index in [9.17, 15) is 9.59 Å². The predicted molar refractivity (Wildman–Crippen MR) is 97.3 cm³/mol. The zero-order valence-corrected chi connectivity index (χ0v) is 15.4. The van der Waals surface area contributed by atoms with Crippen LogP contribution in [0.15, 0.2) is 24.3 Å². The summed E-state index contributed by atoms with van der Waals surface area (Å²) in [7, 11) is 0. The van der Waals surface area contributed by atoms with Crippen LogP contribution < -0.4 is 5.32 Å². The van der Waals surface area contributed by atoms with Gasteiger partial charge in [-0.3, -0.25) is 4.79 Å². The van der Waals surface area contributed by atoms with Gasteiger partial charge >= 0.3 is 6.09 Å². The molecular weight excluding hydrogens is 316 g/mol. The number of carbonyl (C=O) groups excluding carboxylic acids is 2. The third-order valence-corrected chi connectivity index (χ3v) is 4.25. The highest BCUT2D eigenvalue weighted by molar-refractivity contribution is 5.94. The first kappa shape index (κ1) is 18.9. The Morgan fingerprint density at radius 2 is 1.76 bits per heavy atom. The van der Waals surface area contributed by atoms with Crippen molar-refractivity contribution in [2.75, 3.05) is 13.1 Å². The van der Waals surface area contributed by atoms with E-state index in [-0.39, 0.29) is 17.5 Å². The summed E-state index contributed by atoms with van der Waals surface area (Å²) < 4.78 is 5.40. The van der Waals surface area contributed by atoms with Crippen molar-refractivity contribution in [1.29, 1.82) is 0 Å². The molecule has 1 heterocycles. The first-order valence-electron chi connectivity index (χ1n) is 8.49. The van der Waals surface area contributed by atoms with Crippen molar-refractivity contribution in [2.45, 2.75) is 51.7 Å². The number of ether oxygens (including phenoxy) is 1.